The summed E-state index contributed by atoms with van der Waals surface area (Å²) in [6, 6.07) is 7.56. The number of benzene rings is 1. The van der Waals surface area contributed by atoms with Crippen LogP contribution in [0.1, 0.15) is 19.4 Å². The average Bonchev–Trinajstić information content (AvgIpc) is 2.64. The maximum atomic E-state index is 12.6. The van der Waals surface area contributed by atoms with Crippen LogP contribution in [-0.4, -0.2) is 43.2 Å². The molecule has 2 atom stereocenters. The van der Waals surface area contributed by atoms with E-state index in [0.717, 1.165) is 5.56 Å². The van der Waals surface area contributed by atoms with Crippen molar-refractivity contribution >= 4 is 26.0 Å². The molecule has 7 nitrogen and oxygen atoms in total. The molecule has 1 aromatic rings. The van der Waals surface area contributed by atoms with E-state index < -0.39 is 38.1 Å². The molecular weight excluding hydrogens is 376 g/mol. The number of hydrogen-bond donors (Lipinski definition) is 3. The minimum absolute atomic E-state index is 0.0793. The monoisotopic (exact) mass is 406 g/mol. The number of ether oxygens (including phenoxy) is 1. The van der Waals surface area contributed by atoms with Crippen LogP contribution < -0.4 is 10.6 Å². The van der Waals surface area contributed by atoms with Crippen LogP contribution in [0.4, 0.5) is 4.79 Å². The first kappa shape index (κ1) is 23.4. The van der Waals surface area contributed by atoms with Crippen molar-refractivity contribution in [2.75, 3.05) is 0 Å². The summed E-state index contributed by atoms with van der Waals surface area (Å²) in [5.41, 5.74) is 2.61. The second-order valence-corrected chi connectivity index (χ2v) is 12.5. The summed E-state index contributed by atoms with van der Waals surface area (Å²) < 4.78 is 5.16. The van der Waals surface area contributed by atoms with E-state index in [1.165, 1.54) is 0 Å². The summed E-state index contributed by atoms with van der Waals surface area (Å²) in [7, 11) is -1.96. The van der Waals surface area contributed by atoms with Gasteiger partial charge in [0.25, 0.3) is 0 Å². The van der Waals surface area contributed by atoms with Gasteiger partial charge in [0.15, 0.2) is 0 Å². The number of carbonyl (C=O) groups is 3. The molecule has 0 spiro atoms. The SMILES string of the molecule is C=C[Si](C)(C)CC(NC(=O)[C@@H](NC(=O)OCc1ccccc1)C(C)C)C(=O)O. The Morgan fingerprint density at radius 1 is 1.18 bits per heavy atom. The van der Waals surface area contributed by atoms with E-state index in [1.807, 2.05) is 43.4 Å². The maximum Gasteiger partial charge on any atom is 0.408 e. The zero-order valence-electron chi connectivity index (χ0n) is 16.9. The molecule has 8 heteroatoms. The number of aliphatic carboxylic acids is 1. The summed E-state index contributed by atoms with van der Waals surface area (Å²) in [4.78, 5) is 36.3. The number of alkyl carbamates (subject to hydrolysis) is 1. The van der Waals surface area contributed by atoms with Crippen molar-refractivity contribution in [3.8, 4) is 0 Å². The van der Waals surface area contributed by atoms with Crippen LogP contribution in [-0.2, 0) is 20.9 Å². The summed E-state index contributed by atoms with van der Waals surface area (Å²) >= 11 is 0. The van der Waals surface area contributed by atoms with Crippen LogP contribution in [0.3, 0.4) is 0 Å². The molecule has 0 aliphatic carbocycles. The minimum atomic E-state index is -1.96. The van der Waals surface area contributed by atoms with Gasteiger partial charge in [0, 0.05) is 0 Å². The van der Waals surface area contributed by atoms with Crippen LogP contribution in [0.25, 0.3) is 0 Å². The number of carboxylic acids is 1. The van der Waals surface area contributed by atoms with E-state index >= 15 is 0 Å². The highest BCUT2D eigenvalue weighted by Crippen LogP contribution is 2.14. The quantitative estimate of drug-likeness (QED) is 0.518. The molecule has 0 radical (unpaired) electrons. The topological polar surface area (TPSA) is 105 Å². The number of carboxylic acid groups (broad SMARTS) is 1. The molecule has 0 saturated heterocycles. The Morgan fingerprint density at radius 3 is 2.29 bits per heavy atom. The lowest BCUT2D eigenvalue weighted by atomic mass is 10.0. The van der Waals surface area contributed by atoms with Crippen molar-refractivity contribution in [1.82, 2.24) is 10.6 Å². The van der Waals surface area contributed by atoms with Crippen molar-refractivity contribution < 1.29 is 24.2 Å². The Bertz CT molecular complexity index is 691. The lowest BCUT2D eigenvalue weighted by Crippen LogP contribution is -2.55. The smallest absolute Gasteiger partial charge is 0.408 e. The third-order valence-corrected chi connectivity index (χ3v) is 6.90. The van der Waals surface area contributed by atoms with E-state index in [9.17, 15) is 19.5 Å². The van der Waals surface area contributed by atoms with Crippen molar-refractivity contribution in [2.24, 2.45) is 5.92 Å². The Hall–Kier alpha value is -2.61. The third kappa shape index (κ3) is 7.95. The first-order chi connectivity index (χ1) is 13.1. The summed E-state index contributed by atoms with van der Waals surface area (Å²) in [5, 5.41) is 14.5. The number of hydrogen-bond acceptors (Lipinski definition) is 4. The lowest BCUT2D eigenvalue weighted by Gasteiger charge is -2.26. The first-order valence-corrected chi connectivity index (χ1v) is 12.5. The molecule has 2 amide bonds. The van der Waals surface area contributed by atoms with Gasteiger partial charge in [-0.2, -0.15) is 0 Å². The van der Waals surface area contributed by atoms with Crippen LogP contribution in [0, 0.1) is 5.92 Å². The summed E-state index contributed by atoms with van der Waals surface area (Å²) in [6.07, 6.45) is -0.731. The van der Waals surface area contributed by atoms with Gasteiger partial charge in [-0.1, -0.05) is 57.3 Å². The Kier molecular flexibility index (Phi) is 8.91. The molecule has 0 aliphatic rings. The maximum absolute atomic E-state index is 12.6. The molecule has 0 aromatic heterocycles. The Morgan fingerprint density at radius 2 is 1.79 bits per heavy atom. The zero-order valence-corrected chi connectivity index (χ0v) is 17.9. The van der Waals surface area contributed by atoms with Crippen molar-refractivity contribution in [3.05, 3.63) is 48.2 Å². The second kappa shape index (κ2) is 10.7. The lowest BCUT2D eigenvalue weighted by molar-refractivity contribution is -0.141. The predicted molar refractivity (Wildman–Crippen MR) is 110 cm³/mol. The average molecular weight is 407 g/mol. The Balaban J connectivity index is 2.72. The van der Waals surface area contributed by atoms with E-state index in [1.54, 1.807) is 19.5 Å². The van der Waals surface area contributed by atoms with Gasteiger partial charge in [0.2, 0.25) is 5.91 Å². The molecule has 1 rings (SSSR count). The molecule has 1 unspecified atom stereocenters. The molecular formula is C20H30N2O5Si. The fourth-order valence-corrected chi connectivity index (χ4v) is 3.99. The van der Waals surface area contributed by atoms with E-state index in [4.69, 9.17) is 4.74 Å². The van der Waals surface area contributed by atoms with Gasteiger partial charge in [-0.15, -0.1) is 12.3 Å². The highest BCUT2D eigenvalue weighted by molar-refractivity contribution is 6.82. The van der Waals surface area contributed by atoms with Crippen LogP contribution in [0.5, 0.6) is 0 Å². The number of rotatable bonds is 10. The largest absolute Gasteiger partial charge is 0.480 e. The second-order valence-electron chi connectivity index (χ2n) is 7.72. The van der Waals surface area contributed by atoms with Crippen molar-refractivity contribution in [2.45, 2.75) is 51.7 Å². The molecule has 28 heavy (non-hydrogen) atoms. The Labute approximate surface area is 167 Å². The molecule has 0 aliphatic heterocycles. The molecule has 1 aromatic carbocycles. The van der Waals surface area contributed by atoms with Crippen LogP contribution in [0.15, 0.2) is 42.6 Å². The fraction of sp³-hybridized carbons (Fsp3) is 0.450. The fourth-order valence-electron chi connectivity index (χ4n) is 2.50. The van der Waals surface area contributed by atoms with Crippen molar-refractivity contribution in [1.29, 1.82) is 0 Å². The molecule has 0 heterocycles. The van der Waals surface area contributed by atoms with Gasteiger partial charge >= 0.3 is 12.1 Å². The standard InChI is InChI=1S/C20H30N2O5Si/c1-6-28(4,5)13-16(19(24)25)21-18(23)17(14(2)3)22-20(26)27-12-15-10-8-7-9-11-15/h6-11,14,16-17H,1,12-13H2,2-5H3,(H,21,23)(H,22,26)(H,24,25)/t16?,17-/m0/s1. The van der Waals surface area contributed by atoms with Crippen LogP contribution >= 0.6 is 0 Å². The number of carbonyl (C=O) groups excluding carboxylic acids is 2. The minimum Gasteiger partial charge on any atom is -0.480 e. The number of nitrogens with one attached hydrogen (secondary N) is 2. The molecule has 0 saturated carbocycles. The van der Waals surface area contributed by atoms with E-state index in [0.29, 0.717) is 6.04 Å². The van der Waals surface area contributed by atoms with Crippen LogP contribution in [0.2, 0.25) is 19.1 Å². The molecule has 3 N–H and O–H groups in total. The first-order valence-electron chi connectivity index (χ1n) is 9.19. The third-order valence-electron chi connectivity index (χ3n) is 4.33. The molecule has 154 valence electrons. The van der Waals surface area contributed by atoms with Gasteiger partial charge in [-0.05, 0) is 17.5 Å². The predicted octanol–water partition coefficient (Wildman–Crippen LogP) is 2.94. The van der Waals surface area contributed by atoms with Gasteiger partial charge in [-0.3, -0.25) is 9.59 Å². The summed E-state index contributed by atoms with van der Waals surface area (Å²) in [5.74, 6) is -1.90. The molecule has 0 fully saturated rings. The highest BCUT2D eigenvalue weighted by Gasteiger charge is 2.32. The number of amides is 2. The highest BCUT2D eigenvalue weighted by atomic mass is 28.3. The zero-order chi connectivity index (χ0) is 21.3. The van der Waals surface area contributed by atoms with Gasteiger partial charge in [0.05, 0.1) is 8.07 Å². The van der Waals surface area contributed by atoms with E-state index in [2.05, 4.69) is 17.2 Å². The molecule has 0 bridgehead atoms. The van der Waals surface area contributed by atoms with E-state index in [-0.39, 0.29) is 12.5 Å². The van der Waals surface area contributed by atoms with Gasteiger partial charge in [-0.25, -0.2) is 4.79 Å². The summed E-state index contributed by atoms with van der Waals surface area (Å²) in [6.45, 7) is 11.3. The van der Waals surface area contributed by atoms with Gasteiger partial charge < -0.3 is 20.5 Å². The van der Waals surface area contributed by atoms with Gasteiger partial charge in [0.1, 0.15) is 18.7 Å². The normalized spacial score (nSPS) is 13.3. The van der Waals surface area contributed by atoms with Crippen molar-refractivity contribution in [3.63, 3.8) is 0 Å².